The summed E-state index contributed by atoms with van der Waals surface area (Å²) in [6.07, 6.45) is 0. The summed E-state index contributed by atoms with van der Waals surface area (Å²) in [5.41, 5.74) is 1.27. The van der Waals surface area contributed by atoms with Crippen LogP contribution in [0.5, 0.6) is 11.5 Å². The molecule has 3 aromatic rings. The molecule has 0 aliphatic rings. The number of hydrogen-bond donors (Lipinski definition) is 1. The Hall–Kier alpha value is -3.50. The van der Waals surface area contributed by atoms with Gasteiger partial charge < -0.3 is 14.6 Å². The molecule has 0 fully saturated rings. The van der Waals surface area contributed by atoms with Crippen LogP contribution in [0.1, 0.15) is 12.5 Å². The van der Waals surface area contributed by atoms with Gasteiger partial charge in [-0.05, 0) is 66.6 Å². The molecule has 0 saturated carbocycles. The number of hydrogen-bond acceptors (Lipinski definition) is 5. The highest BCUT2D eigenvalue weighted by atomic mass is 32.2. The van der Waals surface area contributed by atoms with E-state index in [4.69, 9.17) is 14.6 Å². The summed E-state index contributed by atoms with van der Waals surface area (Å²) < 4.78 is 65.0. The van der Waals surface area contributed by atoms with Gasteiger partial charge in [0, 0.05) is 25.2 Å². The fraction of sp³-hybridized carbons (Fsp3) is 0.208. The average Bonchev–Trinajstić information content (AvgIpc) is 2.78. The number of benzene rings is 3. The van der Waals surface area contributed by atoms with E-state index in [0.29, 0.717) is 23.3 Å². The van der Waals surface area contributed by atoms with E-state index < -0.39 is 34.2 Å². The Morgan fingerprint density at radius 2 is 1.68 bits per heavy atom. The normalized spacial score (nSPS) is 11.4. The molecule has 0 amide bonds. The molecule has 0 radical (unpaired) electrons. The maximum atomic E-state index is 14.2. The molecule has 34 heavy (non-hydrogen) atoms. The largest absolute Gasteiger partial charge is 0.494 e. The van der Waals surface area contributed by atoms with Crippen molar-refractivity contribution in [3.63, 3.8) is 0 Å². The topological polar surface area (TPSA) is 93.1 Å². The lowest BCUT2D eigenvalue weighted by Crippen LogP contribution is -2.26. The van der Waals surface area contributed by atoms with Crippen molar-refractivity contribution in [2.45, 2.75) is 18.4 Å². The molecule has 1 N–H and O–H groups in total. The Balaban J connectivity index is 1.98. The zero-order valence-corrected chi connectivity index (χ0v) is 19.3. The second-order valence-corrected chi connectivity index (χ2v) is 9.38. The van der Waals surface area contributed by atoms with Gasteiger partial charge in [0.05, 0.1) is 11.5 Å². The van der Waals surface area contributed by atoms with Gasteiger partial charge in [-0.1, -0.05) is 6.07 Å². The van der Waals surface area contributed by atoms with Gasteiger partial charge in [0.1, 0.15) is 23.1 Å². The number of nitrogens with zero attached hydrogens (tertiary/aromatic N) is 1. The van der Waals surface area contributed by atoms with E-state index in [1.54, 1.807) is 25.1 Å². The van der Waals surface area contributed by atoms with E-state index in [-0.39, 0.29) is 22.9 Å². The number of aliphatic carboxylic acids is 1. The van der Waals surface area contributed by atoms with Crippen LogP contribution in [0.4, 0.5) is 8.78 Å². The first kappa shape index (κ1) is 25.1. The first-order chi connectivity index (χ1) is 16.1. The van der Waals surface area contributed by atoms with Crippen molar-refractivity contribution in [2.75, 3.05) is 20.3 Å². The lowest BCUT2D eigenvalue weighted by Gasteiger charge is -2.19. The third-order valence-electron chi connectivity index (χ3n) is 4.82. The molecule has 0 saturated heterocycles. The Labute approximate surface area is 196 Å². The zero-order chi connectivity index (χ0) is 24.9. The zero-order valence-electron chi connectivity index (χ0n) is 18.5. The Morgan fingerprint density at radius 1 is 0.971 bits per heavy atom. The lowest BCUT2D eigenvalue weighted by atomic mass is 10.0. The molecule has 0 atom stereocenters. The van der Waals surface area contributed by atoms with Crippen molar-refractivity contribution < 1.29 is 36.6 Å². The van der Waals surface area contributed by atoms with E-state index in [0.717, 1.165) is 16.4 Å². The van der Waals surface area contributed by atoms with Crippen LogP contribution in [0.3, 0.4) is 0 Å². The van der Waals surface area contributed by atoms with Crippen LogP contribution in [-0.2, 0) is 21.4 Å². The second kappa shape index (κ2) is 10.6. The van der Waals surface area contributed by atoms with Gasteiger partial charge in [0.2, 0.25) is 10.0 Å². The van der Waals surface area contributed by atoms with Gasteiger partial charge in [-0.2, -0.15) is 4.31 Å². The van der Waals surface area contributed by atoms with Crippen LogP contribution in [0, 0.1) is 11.6 Å². The van der Waals surface area contributed by atoms with E-state index >= 15 is 0 Å². The van der Waals surface area contributed by atoms with E-state index in [1.807, 2.05) is 0 Å². The average molecular weight is 492 g/mol. The Kier molecular flexibility index (Phi) is 7.85. The standard InChI is InChI=1S/C24H23F2NO6S/c1-3-32-20-12-17(11-19(26)13-20)22-10-16(4-9-23(22)33-15-24(28)29)14-27(2)34(30,31)21-7-5-18(25)6-8-21/h4-13H,3,14-15H2,1-2H3,(H,28,29). The summed E-state index contributed by atoms with van der Waals surface area (Å²) in [7, 11) is -2.53. The SMILES string of the molecule is CCOc1cc(F)cc(-c2cc(CN(C)S(=O)(=O)c3ccc(F)cc3)ccc2OCC(=O)O)c1. The number of carbonyl (C=O) groups is 1. The molecule has 10 heteroatoms. The van der Waals surface area contributed by atoms with Gasteiger partial charge in [-0.3, -0.25) is 0 Å². The number of sulfonamides is 1. The van der Waals surface area contributed by atoms with E-state index in [2.05, 4.69) is 0 Å². The molecule has 0 unspecified atom stereocenters. The molecule has 0 aliphatic heterocycles. The van der Waals surface area contributed by atoms with Crippen molar-refractivity contribution in [3.8, 4) is 22.6 Å². The minimum Gasteiger partial charge on any atom is -0.494 e. The van der Waals surface area contributed by atoms with Gasteiger partial charge in [-0.25, -0.2) is 22.0 Å². The Bertz CT molecular complexity index is 1280. The van der Waals surface area contributed by atoms with Crippen molar-refractivity contribution in [1.82, 2.24) is 4.31 Å². The monoisotopic (exact) mass is 491 g/mol. The van der Waals surface area contributed by atoms with Crippen molar-refractivity contribution in [3.05, 3.63) is 77.9 Å². The fourth-order valence-electron chi connectivity index (χ4n) is 3.26. The first-order valence-electron chi connectivity index (χ1n) is 10.2. The molecule has 0 bridgehead atoms. The molecule has 3 aromatic carbocycles. The maximum absolute atomic E-state index is 14.2. The highest BCUT2D eigenvalue weighted by molar-refractivity contribution is 7.89. The number of ether oxygens (including phenoxy) is 2. The lowest BCUT2D eigenvalue weighted by molar-refractivity contribution is -0.139. The van der Waals surface area contributed by atoms with Crippen LogP contribution in [-0.4, -0.2) is 44.1 Å². The van der Waals surface area contributed by atoms with Gasteiger partial charge >= 0.3 is 5.97 Å². The molecular weight excluding hydrogens is 468 g/mol. The maximum Gasteiger partial charge on any atom is 0.341 e. The van der Waals surface area contributed by atoms with E-state index in [1.165, 1.54) is 37.4 Å². The third kappa shape index (κ3) is 6.09. The fourth-order valence-corrected chi connectivity index (χ4v) is 4.42. The minimum atomic E-state index is -3.91. The summed E-state index contributed by atoms with van der Waals surface area (Å²) in [5, 5.41) is 8.98. The van der Waals surface area contributed by atoms with Crippen LogP contribution < -0.4 is 9.47 Å². The summed E-state index contributed by atoms with van der Waals surface area (Å²) in [6, 6.07) is 13.2. The highest BCUT2D eigenvalue weighted by Crippen LogP contribution is 2.34. The van der Waals surface area contributed by atoms with Crippen molar-refractivity contribution in [2.24, 2.45) is 0 Å². The molecule has 180 valence electrons. The second-order valence-electron chi connectivity index (χ2n) is 7.34. The van der Waals surface area contributed by atoms with Crippen molar-refractivity contribution >= 4 is 16.0 Å². The van der Waals surface area contributed by atoms with Gasteiger partial charge in [-0.15, -0.1) is 0 Å². The predicted molar refractivity (Wildman–Crippen MR) is 121 cm³/mol. The first-order valence-corrected chi connectivity index (χ1v) is 11.7. The number of carboxylic acid groups (broad SMARTS) is 1. The molecule has 0 spiro atoms. The smallest absolute Gasteiger partial charge is 0.341 e. The third-order valence-corrected chi connectivity index (χ3v) is 6.63. The predicted octanol–water partition coefficient (Wildman–Crippen LogP) is 4.31. The summed E-state index contributed by atoms with van der Waals surface area (Å²) in [4.78, 5) is 10.9. The number of rotatable bonds is 10. The molecule has 0 aliphatic carbocycles. The Morgan fingerprint density at radius 3 is 2.32 bits per heavy atom. The molecule has 0 aromatic heterocycles. The van der Waals surface area contributed by atoms with Gasteiger partial charge in [0.15, 0.2) is 6.61 Å². The summed E-state index contributed by atoms with van der Waals surface area (Å²) >= 11 is 0. The van der Waals surface area contributed by atoms with Crippen LogP contribution in [0.15, 0.2) is 65.6 Å². The van der Waals surface area contributed by atoms with Crippen LogP contribution >= 0.6 is 0 Å². The summed E-state index contributed by atoms with van der Waals surface area (Å²) in [5.74, 6) is -1.84. The highest BCUT2D eigenvalue weighted by Gasteiger charge is 2.22. The number of carboxylic acids is 1. The molecule has 0 heterocycles. The minimum absolute atomic E-state index is 0.0560. The van der Waals surface area contributed by atoms with Crippen molar-refractivity contribution in [1.29, 1.82) is 0 Å². The quantitative estimate of drug-likeness (QED) is 0.454. The van der Waals surface area contributed by atoms with E-state index in [9.17, 15) is 22.0 Å². The molecule has 7 nitrogen and oxygen atoms in total. The van der Waals surface area contributed by atoms with Crippen LogP contribution in [0.25, 0.3) is 11.1 Å². The summed E-state index contributed by atoms with van der Waals surface area (Å²) in [6.45, 7) is 1.40. The molecular formula is C24H23F2NO6S. The van der Waals surface area contributed by atoms with Crippen LogP contribution in [0.2, 0.25) is 0 Å². The molecule has 3 rings (SSSR count). The number of halogens is 2. The van der Waals surface area contributed by atoms with Gasteiger partial charge in [0.25, 0.3) is 0 Å².